The van der Waals surface area contributed by atoms with Crippen LogP contribution in [-0.4, -0.2) is 23.7 Å². The zero-order chi connectivity index (χ0) is 11.3. The van der Waals surface area contributed by atoms with Crippen LogP contribution in [0.5, 0.6) is 0 Å². The summed E-state index contributed by atoms with van der Waals surface area (Å²) >= 11 is 0. The summed E-state index contributed by atoms with van der Waals surface area (Å²) in [5.41, 5.74) is 0. The topological polar surface area (TPSA) is 49.3 Å². The Morgan fingerprint density at radius 1 is 1.40 bits per heavy atom. The largest absolute Gasteiger partial charge is 0.478 e. The average Bonchev–Trinajstić information content (AvgIpc) is 2.18. The number of aliphatic carboxylic acids is 1. The highest BCUT2D eigenvalue weighted by atomic mass is 16.4. The SMILES string of the molecule is CC1CCC(NC/C=C/C(=O)O)CC1C. The van der Waals surface area contributed by atoms with Crippen molar-refractivity contribution in [1.82, 2.24) is 5.32 Å². The van der Waals surface area contributed by atoms with E-state index in [0.29, 0.717) is 12.6 Å². The summed E-state index contributed by atoms with van der Waals surface area (Å²) in [6, 6.07) is 0.564. The summed E-state index contributed by atoms with van der Waals surface area (Å²) in [5, 5.41) is 11.8. The summed E-state index contributed by atoms with van der Waals surface area (Å²) in [6.45, 7) is 5.27. The standard InChI is InChI=1S/C12H21NO2/c1-9-5-6-11(8-10(9)2)13-7-3-4-12(14)15/h3-4,9-11,13H,5-8H2,1-2H3,(H,14,15)/b4-3+. The van der Waals surface area contributed by atoms with Gasteiger partial charge in [-0.2, -0.15) is 0 Å². The molecular formula is C12H21NO2. The minimum Gasteiger partial charge on any atom is -0.478 e. The molecule has 0 radical (unpaired) electrons. The zero-order valence-corrected chi connectivity index (χ0v) is 9.57. The average molecular weight is 211 g/mol. The third kappa shape index (κ3) is 4.47. The zero-order valence-electron chi connectivity index (χ0n) is 9.57. The molecule has 0 heterocycles. The van der Waals surface area contributed by atoms with Gasteiger partial charge in [-0.25, -0.2) is 4.79 Å². The Morgan fingerprint density at radius 2 is 2.13 bits per heavy atom. The van der Waals surface area contributed by atoms with Gasteiger partial charge in [0.05, 0.1) is 0 Å². The van der Waals surface area contributed by atoms with Gasteiger partial charge in [-0.05, 0) is 31.1 Å². The first-order chi connectivity index (χ1) is 7.09. The first-order valence-corrected chi connectivity index (χ1v) is 5.72. The number of carbonyl (C=O) groups is 1. The smallest absolute Gasteiger partial charge is 0.328 e. The molecule has 0 aromatic carbocycles. The predicted molar refractivity (Wildman–Crippen MR) is 60.7 cm³/mol. The molecule has 0 amide bonds. The summed E-state index contributed by atoms with van der Waals surface area (Å²) < 4.78 is 0. The van der Waals surface area contributed by atoms with Gasteiger partial charge in [0, 0.05) is 18.7 Å². The molecular weight excluding hydrogens is 190 g/mol. The molecule has 2 N–H and O–H groups in total. The third-order valence-corrected chi connectivity index (χ3v) is 3.38. The molecule has 15 heavy (non-hydrogen) atoms. The molecule has 3 heteroatoms. The minimum atomic E-state index is -0.873. The summed E-state index contributed by atoms with van der Waals surface area (Å²) in [4.78, 5) is 10.2. The molecule has 1 saturated carbocycles. The third-order valence-electron chi connectivity index (χ3n) is 3.38. The fourth-order valence-electron chi connectivity index (χ4n) is 2.13. The van der Waals surface area contributed by atoms with Crippen molar-refractivity contribution < 1.29 is 9.90 Å². The first kappa shape index (κ1) is 12.2. The Hall–Kier alpha value is -0.830. The Morgan fingerprint density at radius 3 is 2.73 bits per heavy atom. The van der Waals surface area contributed by atoms with E-state index in [1.165, 1.54) is 25.3 Å². The van der Waals surface area contributed by atoms with Gasteiger partial charge in [-0.3, -0.25) is 0 Å². The number of hydrogen-bond donors (Lipinski definition) is 2. The van der Waals surface area contributed by atoms with Gasteiger partial charge in [0.1, 0.15) is 0 Å². The Labute approximate surface area is 91.6 Å². The van der Waals surface area contributed by atoms with Crippen LogP contribution in [0.2, 0.25) is 0 Å². The predicted octanol–water partition coefficient (Wildman–Crippen LogP) is 2.04. The molecule has 0 aliphatic heterocycles. The molecule has 1 aliphatic rings. The Balaban J connectivity index is 2.20. The number of rotatable bonds is 4. The number of hydrogen-bond acceptors (Lipinski definition) is 2. The van der Waals surface area contributed by atoms with Crippen molar-refractivity contribution in [3.63, 3.8) is 0 Å². The Kier molecular flexibility index (Phi) is 4.82. The Bertz CT molecular complexity index is 238. The second-order valence-corrected chi connectivity index (χ2v) is 4.61. The highest BCUT2D eigenvalue weighted by molar-refractivity contribution is 5.79. The number of nitrogens with one attached hydrogen (secondary N) is 1. The van der Waals surface area contributed by atoms with E-state index in [0.717, 1.165) is 11.8 Å². The van der Waals surface area contributed by atoms with Crippen LogP contribution in [0.3, 0.4) is 0 Å². The second-order valence-electron chi connectivity index (χ2n) is 4.61. The normalized spacial score (nSPS) is 32.0. The maximum absolute atomic E-state index is 10.2. The van der Waals surface area contributed by atoms with Crippen LogP contribution >= 0.6 is 0 Å². The molecule has 1 rings (SSSR count). The van der Waals surface area contributed by atoms with E-state index in [-0.39, 0.29) is 0 Å². The van der Waals surface area contributed by atoms with Crippen molar-refractivity contribution in [3.05, 3.63) is 12.2 Å². The molecule has 3 nitrogen and oxygen atoms in total. The van der Waals surface area contributed by atoms with E-state index in [2.05, 4.69) is 19.2 Å². The molecule has 0 bridgehead atoms. The van der Waals surface area contributed by atoms with Gasteiger partial charge in [0.2, 0.25) is 0 Å². The maximum atomic E-state index is 10.2. The van der Waals surface area contributed by atoms with Crippen LogP contribution < -0.4 is 5.32 Å². The first-order valence-electron chi connectivity index (χ1n) is 5.72. The van der Waals surface area contributed by atoms with Gasteiger partial charge in [-0.15, -0.1) is 0 Å². The van der Waals surface area contributed by atoms with Gasteiger partial charge in [0.25, 0.3) is 0 Å². The molecule has 1 aliphatic carbocycles. The van der Waals surface area contributed by atoms with Crippen molar-refractivity contribution in [2.75, 3.05) is 6.54 Å². The highest BCUT2D eigenvalue weighted by Gasteiger charge is 2.23. The van der Waals surface area contributed by atoms with E-state index in [1.807, 2.05) is 0 Å². The molecule has 86 valence electrons. The monoisotopic (exact) mass is 211 g/mol. The molecule has 0 aromatic rings. The minimum absolute atomic E-state index is 0.564. The van der Waals surface area contributed by atoms with Crippen molar-refractivity contribution in [2.45, 2.75) is 39.2 Å². The maximum Gasteiger partial charge on any atom is 0.328 e. The quantitative estimate of drug-likeness (QED) is 0.700. The van der Waals surface area contributed by atoms with E-state index in [9.17, 15) is 4.79 Å². The summed E-state index contributed by atoms with van der Waals surface area (Å²) in [5.74, 6) is 0.736. The van der Waals surface area contributed by atoms with Crippen LogP contribution in [-0.2, 0) is 4.79 Å². The summed E-state index contributed by atoms with van der Waals surface area (Å²) in [6.07, 6.45) is 6.57. The van der Waals surface area contributed by atoms with Crippen LogP contribution in [0.25, 0.3) is 0 Å². The molecule has 3 unspecified atom stereocenters. The van der Waals surface area contributed by atoms with Crippen LogP contribution in [0.4, 0.5) is 0 Å². The van der Waals surface area contributed by atoms with E-state index in [1.54, 1.807) is 6.08 Å². The van der Waals surface area contributed by atoms with Crippen molar-refractivity contribution in [2.24, 2.45) is 11.8 Å². The second kappa shape index (κ2) is 5.91. The van der Waals surface area contributed by atoms with Crippen LogP contribution in [0.1, 0.15) is 33.1 Å². The van der Waals surface area contributed by atoms with Crippen LogP contribution in [0, 0.1) is 11.8 Å². The van der Waals surface area contributed by atoms with Crippen molar-refractivity contribution >= 4 is 5.97 Å². The summed E-state index contributed by atoms with van der Waals surface area (Å²) in [7, 11) is 0. The van der Waals surface area contributed by atoms with E-state index in [4.69, 9.17) is 5.11 Å². The lowest BCUT2D eigenvalue weighted by Gasteiger charge is -2.32. The van der Waals surface area contributed by atoms with E-state index < -0.39 is 5.97 Å². The van der Waals surface area contributed by atoms with Crippen molar-refractivity contribution in [3.8, 4) is 0 Å². The molecule has 0 aromatic heterocycles. The fraction of sp³-hybridized carbons (Fsp3) is 0.750. The highest BCUT2D eigenvalue weighted by Crippen LogP contribution is 2.29. The van der Waals surface area contributed by atoms with Crippen molar-refractivity contribution in [1.29, 1.82) is 0 Å². The lowest BCUT2D eigenvalue weighted by atomic mass is 9.79. The lowest BCUT2D eigenvalue weighted by Crippen LogP contribution is -2.36. The number of carboxylic acid groups (broad SMARTS) is 1. The lowest BCUT2D eigenvalue weighted by molar-refractivity contribution is -0.131. The van der Waals surface area contributed by atoms with Gasteiger partial charge >= 0.3 is 5.97 Å². The van der Waals surface area contributed by atoms with E-state index >= 15 is 0 Å². The van der Waals surface area contributed by atoms with Crippen LogP contribution in [0.15, 0.2) is 12.2 Å². The van der Waals surface area contributed by atoms with Gasteiger partial charge in [0.15, 0.2) is 0 Å². The van der Waals surface area contributed by atoms with Gasteiger partial charge in [-0.1, -0.05) is 19.9 Å². The fourth-order valence-corrected chi connectivity index (χ4v) is 2.13. The molecule has 0 spiro atoms. The molecule has 1 fully saturated rings. The molecule has 3 atom stereocenters. The molecule has 0 saturated heterocycles. The number of carboxylic acids is 1. The van der Waals surface area contributed by atoms with Gasteiger partial charge < -0.3 is 10.4 Å².